The molecule has 1 aromatic heterocycles. The van der Waals surface area contributed by atoms with Crippen LogP contribution >= 0.6 is 0 Å². The predicted molar refractivity (Wildman–Crippen MR) is 112 cm³/mol. The molecule has 29 heavy (non-hydrogen) atoms. The fourth-order valence-corrected chi connectivity index (χ4v) is 4.32. The number of aryl methyl sites for hydroxylation is 3. The first-order valence-electron chi connectivity index (χ1n) is 10.1. The number of aromatic nitrogens is 2. The van der Waals surface area contributed by atoms with Crippen molar-refractivity contribution in [3.05, 3.63) is 76.2 Å². The van der Waals surface area contributed by atoms with Gasteiger partial charge < -0.3 is 4.90 Å². The van der Waals surface area contributed by atoms with Gasteiger partial charge in [0.1, 0.15) is 5.82 Å². The monoisotopic (exact) mass is 391 g/mol. The van der Waals surface area contributed by atoms with Crippen molar-refractivity contribution in [2.24, 2.45) is 7.05 Å². The van der Waals surface area contributed by atoms with Gasteiger partial charge in [-0.1, -0.05) is 30.7 Å². The van der Waals surface area contributed by atoms with Gasteiger partial charge in [-0.15, -0.1) is 0 Å². The van der Waals surface area contributed by atoms with Gasteiger partial charge in [0.15, 0.2) is 5.69 Å². The van der Waals surface area contributed by atoms with Crippen molar-refractivity contribution in [1.29, 1.82) is 0 Å². The lowest BCUT2D eigenvalue weighted by molar-refractivity contribution is 0.0648. The Kier molecular flexibility index (Phi) is 4.99. The van der Waals surface area contributed by atoms with Gasteiger partial charge in [-0.05, 0) is 67.6 Å². The van der Waals surface area contributed by atoms with E-state index in [-0.39, 0.29) is 17.8 Å². The molecular formula is C24H26FN3O. The summed E-state index contributed by atoms with van der Waals surface area (Å²) in [7, 11) is 1.82. The molecule has 1 aliphatic heterocycles. The molecule has 1 aliphatic rings. The van der Waals surface area contributed by atoms with E-state index in [0.29, 0.717) is 17.8 Å². The molecule has 0 saturated heterocycles. The fourth-order valence-electron chi connectivity index (χ4n) is 4.32. The maximum absolute atomic E-state index is 13.6. The number of hydrogen-bond acceptors (Lipinski definition) is 2. The first kappa shape index (κ1) is 19.4. The summed E-state index contributed by atoms with van der Waals surface area (Å²) in [4.78, 5) is 15.3. The van der Waals surface area contributed by atoms with Crippen molar-refractivity contribution in [2.45, 2.75) is 39.7 Å². The number of amides is 1. The molecule has 0 radical (unpaired) electrons. The standard InChI is InChI=1S/C24H26FN3O/c1-5-22-19-8-6-15(2)12-17(19)10-11-28(22)24(29)21-14-23(27(4)26-21)18-7-9-20(25)16(3)13-18/h6-9,12-14,22H,5,10-11H2,1-4H3. The zero-order valence-electron chi connectivity index (χ0n) is 17.4. The van der Waals surface area contributed by atoms with Crippen LogP contribution < -0.4 is 0 Å². The summed E-state index contributed by atoms with van der Waals surface area (Å²) >= 11 is 0. The van der Waals surface area contributed by atoms with E-state index in [4.69, 9.17) is 0 Å². The minimum absolute atomic E-state index is 0.0521. The van der Waals surface area contributed by atoms with E-state index in [2.05, 4.69) is 37.1 Å². The molecule has 0 fully saturated rings. The van der Waals surface area contributed by atoms with Crippen LogP contribution in [0.5, 0.6) is 0 Å². The zero-order valence-corrected chi connectivity index (χ0v) is 17.4. The Bertz CT molecular complexity index is 1090. The Labute approximate surface area is 171 Å². The highest BCUT2D eigenvalue weighted by Gasteiger charge is 2.31. The average molecular weight is 391 g/mol. The van der Waals surface area contributed by atoms with Gasteiger partial charge >= 0.3 is 0 Å². The SMILES string of the molecule is CCC1c2ccc(C)cc2CCN1C(=O)c1cc(-c2ccc(F)c(C)c2)n(C)n1. The van der Waals surface area contributed by atoms with E-state index in [1.165, 1.54) is 22.8 Å². The van der Waals surface area contributed by atoms with Crippen LogP contribution in [-0.2, 0) is 13.5 Å². The van der Waals surface area contributed by atoms with Gasteiger partial charge in [-0.3, -0.25) is 9.48 Å². The third-order valence-corrected chi connectivity index (χ3v) is 5.86. The van der Waals surface area contributed by atoms with Gasteiger partial charge in [-0.2, -0.15) is 5.10 Å². The van der Waals surface area contributed by atoms with E-state index in [9.17, 15) is 9.18 Å². The summed E-state index contributed by atoms with van der Waals surface area (Å²) in [6.45, 7) is 6.64. The number of fused-ring (bicyclic) bond motifs is 1. The van der Waals surface area contributed by atoms with E-state index >= 15 is 0 Å². The molecule has 150 valence electrons. The van der Waals surface area contributed by atoms with Crippen LogP contribution in [-0.4, -0.2) is 27.1 Å². The molecule has 5 heteroatoms. The number of hydrogen-bond donors (Lipinski definition) is 0. The summed E-state index contributed by atoms with van der Waals surface area (Å²) in [6.07, 6.45) is 1.72. The van der Waals surface area contributed by atoms with Crippen LogP contribution in [0.4, 0.5) is 4.39 Å². The number of halogens is 1. The van der Waals surface area contributed by atoms with Crippen molar-refractivity contribution in [2.75, 3.05) is 6.54 Å². The highest BCUT2D eigenvalue weighted by Crippen LogP contribution is 2.34. The molecule has 4 nitrogen and oxygen atoms in total. The molecule has 2 heterocycles. The molecule has 1 unspecified atom stereocenters. The minimum Gasteiger partial charge on any atom is -0.330 e. The third-order valence-electron chi connectivity index (χ3n) is 5.86. The Morgan fingerprint density at radius 3 is 2.69 bits per heavy atom. The minimum atomic E-state index is -0.236. The Morgan fingerprint density at radius 1 is 1.17 bits per heavy atom. The Balaban J connectivity index is 1.66. The van der Waals surface area contributed by atoms with Gasteiger partial charge in [0.2, 0.25) is 0 Å². The molecule has 0 N–H and O–H groups in total. The molecule has 0 saturated carbocycles. The molecule has 1 atom stereocenters. The lowest BCUT2D eigenvalue weighted by Gasteiger charge is -2.36. The lowest BCUT2D eigenvalue weighted by atomic mass is 9.89. The van der Waals surface area contributed by atoms with Gasteiger partial charge in [-0.25, -0.2) is 4.39 Å². The number of benzene rings is 2. The quantitative estimate of drug-likeness (QED) is 0.631. The van der Waals surface area contributed by atoms with Crippen LogP contribution in [0.1, 0.15) is 52.1 Å². The highest BCUT2D eigenvalue weighted by molar-refractivity contribution is 5.94. The second-order valence-corrected chi connectivity index (χ2v) is 7.88. The van der Waals surface area contributed by atoms with Crippen LogP contribution in [0.2, 0.25) is 0 Å². The predicted octanol–water partition coefficient (Wildman–Crippen LogP) is 4.99. The molecule has 3 aromatic rings. The topological polar surface area (TPSA) is 38.1 Å². The largest absolute Gasteiger partial charge is 0.330 e. The van der Waals surface area contributed by atoms with E-state index in [1.54, 1.807) is 23.7 Å². The van der Waals surface area contributed by atoms with Gasteiger partial charge in [0, 0.05) is 19.2 Å². The summed E-state index contributed by atoms with van der Waals surface area (Å²) in [6, 6.07) is 13.3. The first-order chi connectivity index (χ1) is 13.9. The maximum atomic E-state index is 13.6. The van der Waals surface area contributed by atoms with Gasteiger partial charge in [0.05, 0.1) is 11.7 Å². The van der Waals surface area contributed by atoms with Crippen molar-refractivity contribution < 1.29 is 9.18 Å². The van der Waals surface area contributed by atoms with Crippen molar-refractivity contribution >= 4 is 5.91 Å². The second kappa shape index (κ2) is 7.47. The molecule has 4 rings (SSSR count). The molecule has 1 amide bonds. The van der Waals surface area contributed by atoms with E-state index in [1.807, 2.05) is 18.0 Å². The van der Waals surface area contributed by atoms with Crippen LogP contribution in [0.15, 0.2) is 42.5 Å². The van der Waals surface area contributed by atoms with E-state index in [0.717, 1.165) is 24.1 Å². The summed E-state index contributed by atoms with van der Waals surface area (Å²) < 4.78 is 15.3. The van der Waals surface area contributed by atoms with Crippen LogP contribution in [0.25, 0.3) is 11.3 Å². The molecule has 0 spiro atoms. The summed E-state index contributed by atoms with van der Waals surface area (Å²) in [5.74, 6) is -0.288. The fraction of sp³-hybridized carbons (Fsp3) is 0.333. The molecule has 0 aliphatic carbocycles. The lowest BCUT2D eigenvalue weighted by Crippen LogP contribution is -2.40. The third kappa shape index (κ3) is 3.46. The maximum Gasteiger partial charge on any atom is 0.274 e. The molecule has 0 bridgehead atoms. The van der Waals surface area contributed by atoms with Crippen molar-refractivity contribution in [3.8, 4) is 11.3 Å². The Morgan fingerprint density at radius 2 is 1.97 bits per heavy atom. The Hall–Kier alpha value is -2.95. The summed E-state index contributed by atoms with van der Waals surface area (Å²) in [5.41, 5.74) is 6.49. The van der Waals surface area contributed by atoms with Crippen molar-refractivity contribution in [3.63, 3.8) is 0 Å². The zero-order chi connectivity index (χ0) is 20.7. The summed E-state index contributed by atoms with van der Waals surface area (Å²) in [5, 5.41) is 4.48. The van der Waals surface area contributed by atoms with Crippen LogP contribution in [0, 0.1) is 19.7 Å². The number of nitrogens with zero attached hydrogens (tertiary/aromatic N) is 3. The number of carbonyl (C=O) groups excluding carboxylic acids is 1. The molecule has 2 aromatic carbocycles. The molecular weight excluding hydrogens is 365 g/mol. The van der Waals surface area contributed by atoms with E-state index < -0.39 is 0 Å². The average Bonchev–Trinajstić information content (AvgIpc) is 3.10. The normalized spacial score (nSPS) is 16.0. The van der Waals surface area contributed by atoms with Gasteiger partial charge in [0.25, 0.3) is 5.91 Å². The highest BCUT2D eigenvalue weighted by atomic mass is 19.1. The van der Waals surface area contributed by atoms with Crippen molar-refractivity contribution in [1.82, 2.24) is 14.7 Å². The smallest absolute Gasteiger partial charge is 0.274 e. The number of carbonyl (C=O) groups is 1. The number of rotatable bonds is 3. The van der Waals surface area contributed by atoms with Crippen LogP contribution in [0.3, 0.4) is 0 Å². The second-order valence-electron chi connectivity index (χ2n) is 7.88. The first-order valence-corrected chi connectivity index (χ1v) is 10.1.